The van der Waals surface area contributed by atoms with E-state index in [-0.39, 0.29) is 12.1 Å². The maximum atomic E-state index is 12.9. The quantitative estimate of drug-likeness (QED) is 0.919. The highest BCUT2D eigenvalue weighted by atomic mass is 16.7. The summed E-state index contributed by atoms with van der Waals surface area (Å²) >= 11 is 0. The Kier molecular flexibility index (Phi) is 3.38. The zero-order valence-corrected chi connectivity index (χ0v) is 14.7. The van der Waals surface area contributed by atoms with Gasteiger partial charge in [0, 0.05) is 32.4 Å². The lowest BCUT2D eigenvalue weighted by atomic mass is 10.1. The minimum atomic E-state index is -0.751. The molecule has 3 aliphatic rings. The van der Waals surface area contributed by atoms with Crippen LogP contribution in [0.15, 0.2) is 36.7 Å². The SMILES string of the molecule is Cn1ccnc1C(NC(=O)N1CCC2(C1)Oc1ccccc1O2)C1CC1. The molecule has 2 amide bonds. The van der Waals surface area contributed by atoms with Crippen LogP contribution in [0.2, 0.25) is 0 Å². The average molecular weight is 354 g/mol. The molecule has 1 atom stereocenters. The Bertz CT molecular complexity index is 820. The molecule has 2 aromatic rings. The zero-order valence-electron chi connectivity index (χ0n) is 14.7. The molecule has 1 N–H and O–H groups in total. The van der Waals surface area contributed by atoms with Crippen molar-refractivity contribution in [2.75, 3.05) is 13.1 Å². The van der Waals surface area contributed by atoms with Crippen LogP contribution in [-0.2, 0) is 7.05 Å². The molecular weight excluding hydrogens is 332 g/mol. The lowest BCUT2D eigenvalue weighted by molar-refractivity contribution is -0.0650. The van der Waals surface area contributed by atoms with Crippen molar-refractivity contribution in [3.8, 4) is 11.5 Å². The van der Waals surface area contributed by atoms with Crippen molar-refractivity contribution < 1.29 is 14.3 Å². The number of para-hydroxylation sites is 2. The molecule has 2 fully saturated rings. The zero-order chi connectivity index (χ0) is 17.7. The summed E-state index contributed by atoms with van der Waals surface area (Å²) in [6.07, 6.45) is 6.61. The maximum Gasteiger partial charge on any atom is 0.318 e. The molecule has 1 spiro atoms. The van der Waals surface area contributed by atoms with Crippen molar-refractivity contribution in [3.05, 3.63) is 42.5 Å². The number of urea groups is 1. The summed E-state index contributed by atoms with van der Waals surface area (Å²) in [5.41, 5.74) is 0. The van der Waals surface area contributed by atoms with Crippen molar-refractivity contribution in [3.63, 3.8) is 0 Å². The van der Waals surface area contributed by atoms with Crippen LogP contribution in [-0.4, -0.2) is 39.4 Å². The molecule has 136 valence electrons. The Morgan fingerprint density at radius 1 is 1.31 bits per heavy atom. The van der Waals surface area contributed by atoms with Crippen molar-refractivity contribution >= 4 is 6.03 Å². The summed E-state index contributed by atoms with van der Waals surface area (Å²) in [5.74, 6) is 2.13. The van der Waals surface area contributed by atoms with E-state index in [4.69, 9.17) is 9.47 Å². The molecule has 1 saturated carbocycles. The van der Waals surface area contributed by atoms with Gasteiger partial charge in [0.25, 0.3) is 5.79 Å². The molecule has 0 bridgehead atoms. The predicted octanol–water partition coefficient (Wildman–Crippen LogP) is 2.45. The number of rotatable bonds is 3. The summed E-state index contributed by atoms with van der Waals surface area (Å²) in [6.45, 7) is 1.03. The number of fused-ring (bicyclic) bond motifs is 1. The van der Waals surface area contributed by atoms with Gasteiger partial charge in [0.1, 0.15) is 5.82 Å². The van der Waals surface area contributed by atoms with Crippen LogP contribution in [0.5, 0.6) is 11.5 Å². The number of carbonyl (C=O) groups is 1. The van der Waals surface area contributed by atoms with Gasteiger partial charge in [-0.25, -0.2) is 9.78 Å². The largest absolute Gasteiger partial charge is 0.447 e. The molecule has 1 aliphatic carbocycles. The molecule has 1 saturated heterocycles. The third kappa shape index (κ3) is 2.58. The van der Waals surface area contributed by atoms with Gasteiger partial charge in [-0.3, -0.25) is 0 Å². The second-order valence-corrected chi connectivity index (χ2v) is 7.39. The molecule has 0 radical (unpaired) electrons. The van der Waals surface area contributed by atoms with Crippen LogP contribution in [0, 0.1) is 5.92 Å². The Morgan fingerprint density at radius 3 is 2.65 bits per heavy atom. The number of likely N-dealkylation sites (tertiary alicyclic amines) is 1. The van der Waals surface area contributed by atoms with E-state index < -0.39 is 5.79 Å². The van der Waals surface area contributed by atoms with Gasteiger partial charge in [0.05, 0.1) is 12.6 Å². The first-order valence-corrected chi connectivity index (χ1v) is 9.13. The third-order valence-corrected chi connectivity index (χ3v) is 5.43. The van der Waals surface area contributed by atoms with Crippen LogP contribution >= 0.6 is 0 Å². The first-order chi connectivity index (χ1) is 12.6. The molecule has 1 unspecified atom stereocenters. The fraction of sp³-hybridized carbons (Fsp3) is 0.474. The van der Waals surface area contributed by atoms with Gasteiger partial charge in [0.15, 0.2) is 11.5 Å². The Balaban J connectivity index is 1.28. The molecule has 1 aromatic carbocycles. The predicted molar refractivity (Wildman–Crippen MR) is 93.8 cm³/mol. The summed E-state index contributed by atoms with van der Waals surface area (Å²) < 4.78 is 14.0. The molecule has 26 heavy (non-hydrogen) atoms. The standard InChI is InChI=1S/C19H22N4O3/c1-22-11-9-20-17(22)16(13-6-7-13)21-18(24)23-10-8-19(12-23)25-14-4-2-3-5-15(14)26-19/h2-5,9,11,13,16H,6-8,10,12H2,1H3,(H,21,24). The highest BCUT2D eigenvalue weighted by Crippen LogP contribution is 2.43. The second kappa shape index (κ2) is 5.65. The van der Waals surface area contributed by atoms with Crippen LogP contribution in [0.25, 0.3) is 0 Å². The molecule has 1 aromatic heterocycles. The third-order valence-electron chi connectivity index (χ3n) is 5.43. The molecule has 7 nitrogen and oxygen atoms in total. The van der Waals surface area contributed by atoms with Crippen LogP contribution in [0.4, 0.5) is 4.79 Å². The molecule has 2 aliphatic heterocycles. The van der Waals surface area contributed by atoms with E-state index in [0.717, 1.165) is 30.2 Å². The summed E-state index contributed by atoms with van der Waals surface area (Å²) in [4.78, 5) is 19.1. The molecular formula is C19H22N4O3. The summed E-state index contributed by atoms with van der Waals surface area (Å²) in [7, 11) is 1.96. The highest BCUT2D eigenvalue weighted by Gasteiger charge is 2.49. The highest BCUT2D eigenvalue weighted by molar-refractivity contribution is 5.75. The van der Waals surface area contributed by atoms with E-state index in [1.165, 1.54) is 0 Å². The number of aromatic nitrogens is 2. The smallest absolute Gasteiger partial charge is 0.318 e. The van der Waals surface area contributed by atoms with Crippen molar-refractivity contribution in [1.29, 1.82) is 0 Å². The van der Waals surface area contributed by atoms with Gasteiger partial charge >= 0.3 is 6.03 Å². The second-order valence-electron chi connectivity index (χ2n) is 7.39. The lowest BCUT2D eigenvalue weighted by Crippen LogP contribution is -2.46. The van der Waals surface area contributed by atoms with E-state index in [2.05, 4.69) is 10.3 Å². The van der Waals surface area contributed by atoms with E-state index in [1.54, 1.807) is 11.1 Å². The van der Waals surface area contributed by atoms with E-state index in [9.17, 15) is 4.79 Å². The maximum absolute atomic E-state index is 12.9. The Labute approximate surface area is 151 Å². The number of ether oxygens (including phenoxy) is 2. The number of aryl methyl sites for hydroxylation is 1. The number of carbonyl (C=O) groups excluding carboxylic acids is 1. The van der Waals surface area contributed by atoms with Crippen molar-refractivity contribution in [1.82, 2.24) is 19.8 Å². The van der Waals surface area contributed by atoms with Gasteiger partial charge < -0.3 is 24.3 Å². The summed E-state index contributed by atoms with van der Waals surface area (Å²) in [6, 6.07) is 7.53. The number of hydrogen-bond donors (Lipinski definition) is 1. The summed E-state index contributed by atoms with van der Waals surface area (Å²) in [5, 5.41) is 3.18. The number of imidazole rings is 1. The monoisotopic (exact) mass is 354 g/mol. The van der Waals surface area contributed by atoms with Crippen LogP contribution in [0.3, 0.4) is 0 Å². The van der Waals surface area contributed by atoms with Crippen molar-refractivity contribution in [2.45, 2.75) is 31.1 Å². The first kappa shape index (κ1) is 15.5. The van der Waals surface area contributed by atoms with Gasteiger partial charge in [-0.1, -0.05) is 12.1 Å². The fourth-order valence-corrected chi connectivity index (χ4v) is 3.86. The average Bonchev–Trinajstić information content (AvgIpc) is 3.09. The Morgan fingerprint density at radius 2 is 2.04 bits per heavy atom. The van der Waals surface area contributed by atoms with Crippen molar-refractivity contribution in [2.24, 2.45) is 13.0 Å². The van der Waals surface area contributed by atoms with Gasteiger partial charge in [0.2, 0.25) is 0 Å². The minimum Gasteiger partial charge on any atom is -0.447 e. The Hall–Kier alpha value is -2.70. The number of amides is 2. The number of nitrogens with zero attached hydrogens (tertiary/aromatic N) is 3. The van der Waals surface area contributed by atoms with E-state index in [0.29, 0.717) is 25.4 Å². The number of benzene rings is 1. The van der Waals surface area contributed by atoms with Gasteiger partial charge in [-0.2, -0.15) is 0 Å². The number of nitrogens with one attached hydrogen (secondary N) is 1. The first-order valence-electron chi connectivity index (χ1n) is 9.13. The number of hydrogen-bond acceptors (Lipinski definition) is 4. The van der Waals surface area contributed by atoms with E-state index >= 15 is 0 Å². The van der Waals surface area contributed by atoms with Crippen LogP contribution in [0.1, 0.15) is 31.1 Å². The topological polar surface area (TPSA) is 68.6 Å². The van der Waals surface area contributed by atoms with E-state index in [1.807, 2.05) is 42.1 Å². The van der Waals surface area contributed by atoms with Crippen LogP contribution < -0.4 is 14.8 Å². The van der Waals surface area contributed by atoms with Gasteiger partial charge in [-0.05, 0) is 30.9 Å². The molecule has 5 rings (SSSR count). The molecule has 3 heterocycles. The lowest BCUT2D eigenvalue weighted by Gasteiger charge is -2.25. The normalized spacial score (nSPS) is 21.2. The minimum absolute atomic E-state index is 0.0401. The van der Waals surface area contributed by atoms with Gasteiger partial charge in [-0.15, -0.1) is 0 Å². The molecule has 7 heteroatoms. The fourth-order valence-electron chi connectivity index (χ4n) is 3.86.